The molecule has 0 spiro atoms. The van der Waals surface area contributed by atoms with E-state index in [0.717, 1.165) is 0 Å². The molecular weight excluding hydrogens is 222 g/mol. The first-order valence-corrected chi connectivity index (χ1v) is 4.37. The minimum Gasteiger partial charge on any atom is -0.465 e. The second-order valence-corrected chi connectivity index (χ2v) is 3.03. The van der Waals surface area contributed by atoms with Gasteiger partial charge in [0.25, 0.3) is 4.92 Å². The Morgan fingerprint density at radius 1 is 1.40 bits per heavy atom. The topological polar surface area (TPSA) is 55.6 Å². The minimum atomic E-state index is -0.648. The number of nitrogens with zero attached hydrogens (tertiary/aromatic N) is 1. The molecule has 1 aromatic rings. The Labute approximate surface area is 91.1 Å². The van der Waals surface area contributed by atoms with Crippen molar-refractivity contribution >= 4 is 23.3 Å². The van der Waals surface area contributed by atoms with Gasteiger partial charge in [0.1, 0.15) is 5.56 Å². The lowest BCUT2D eigenvalue weighted by atomic mass is 10.2. The molecule has 0 N–H and O–H groups in total. The minimum absolute atomic E-state index is 0.0498. The molecule has 0 bridgehead atoms. The van der Waals surface area contributed by atoms with E-state index in [1.54, 1.807) is 0 Å². The molecule has 0 saturated heterocycles. The van der Waals surface area contributed by atoms with E-state index in [1.165, 1.54) is 32.4 Å². The molecule has 5 nitrogen and oxygen atoms in total. The van der Waals surface area contributed by atoms with Crippen molar-refractivity contribution in [2.75, 3.05) is 14.2 Å². The Morgan fingerprint density at radius 3 is 2.60 bits per heavy atom. The number of methoxy groups -OCH3 is 1. The standard InChI is InChI=1S/C9H9ClNO4/c1-14-9(12)7-5-6(10)3-4-8(7)11(13)15-2/h3-5H,1-2H3/q+1. The van der Waals surface area contributed by atoms with Gasteiger partial charge in [0.15, 0.2) is 7.11 Å². The highest BCUT2D eigenvalue weighted by Gasteiger charge is 2.26. The monoisotopic (exact) mass is 230 g/mol. The zero-order chi connectivity index (χ0) is 11.4. The molecule has 80 valence electrons. The molecule has 0 radical (unpaired) electrons. The average molecular weight is 231 g/mol. The smallest absolute Gasteiger partial charge is 0.345 e. The first-order valence-electron chi connectivity index (χ1n) is 3.99. The van der Waals surface area contributed by atoms with Crippen LogP contribution in [0.4, 0.5) is 5.69 Å². The zero-order valence-electron chi connectivity index (χ0n) is 8.19. The summed E-state index contributed by atoms with van der Waals surface area (Å²) in [5.74, 6) is -0.648. The van der Waals surface area contributed by atoms with E-state index in [2.05, 4.69) is 9.57 Å². The zero-order valence-corrected chi connectivity index (χ0v) is 8.95. The van der Waals surface area contributed by atoms with Crippen molar-refractivity contribution < 1.29 is 19.3 Å². The van der Waals surface area contributed by atoms with E-state index in [0.29, 0.717) is 5.02 Å². The van der Waals surface area contributed by atoms with Crippen LogP contribution in [0.25, 0.3) is 0 Å². The van der Waals surface area contributed by atoms with Gasteiger partial charge in [-0.3, -0.25) is 0 Å². The van der Waals surface area contributed by atoms with E-state index >= 15 is 0 Å². The summed E-state index contributed by atoms with van der Waals surface area (Å²) in [6, 6.07) is 4.20. The maximum atomic E-state index is 11.3. The lowest BCUT2D eigenvalue weighted by molar-refractivity contribution is -0.736. The molecule has 0 heterocycles. The van der Waals surface area contributed by atoms with E-state index in [1.807, 2.05) is 0 Å². The first-order chi connectivity index (χ1) is 7.10. The second-order valence-electron chi connectivity index (χ2n) is 2.59. The van der Waals surface area contributed by atoms with Crippen molar-refractivity contribution in [1.29, 1.82) is 0 Å². The fraction of sp³-hybridized carbons (Fsp3) is 0.222. The number of ether oxygens (including phenoxy) is 1. The quantitative estimate of drug-likeness (QED) is 0.589. The molecule has 0 aliphatic heterocycles. The molecular formula is C9H9ClNO4+. The maximum Gasteiger partial charge on any atom is 0.345 e. The van der Waals surface area contributed by atoms with Crippen molar-refractivity contribution in [1.82, 2.24) is 0 Å². The van der Waals surface area contributed by atoms with E-state index in [-0.39, 0.29) is 16.2 Å². The van der Waals surface area contributed by atoms with E-state index < -0.39 is 5.97 Å². The SMILES string of the molecule is COC(=O)c1cc(Cl)ccc1[N+](=O)OC. The summed E-state index contributed by atoms with van der Waals surface area (Å²) < 4.78 is 4.51. The largest absolute Gasteiger partial charge is 0.465 e. The van der Waals surface area contributed by atoms with Gasteiger partial charge in [-0.1, -0.05) is 11.6 Å². The van der Waals surface area contributed by atoms with E-state index in [4.69, 9.17) is 11.6 Å². The highest BCUT2D eigenvalue weighted by Crippen LogP contribution is 2.23. The average Bonchev–Trinajstić information content (AvgIpc) is 2.26. The highest BCUT2D eigenvalue weighted by atomic mass is 35.5. The third kappa shape index (κ3) is 2.44. The third-order valence-corrected chi connectivity index (χ3v) is 1.96. The van der Waals surface area contributed by atoms with Crippen molar-refractivity contribution in [3.05, 3.63) is 33.7 Å². The number of carbonyl (C=O) groups excluding carboxylic acids is 1. The predicted molar refractivity (Wildman–Crippen MR) is 53.1 cm³/mol. The molecule has 0 aliphatic rings. The van der Waals surface area contributed by atoms with Crippen LogP contribution in [0.5, 0.6) is 0 Å². The normalized spacial score (nSPS) is 9.53. The van der Waals surface area contributed by atoms with E-state index in [9.17, 15) is 9.70 Å². The van der Waals surface area contributed by atoms with Gasteiger partial charge < -0.3 is 4.74 Å². The van der Waals surface area contributed by atoms with Gasteiger partial charge >= 0.3 is 11.7 Å². The van der Waals surface area contributed by atoms with Gasteiger partial charge in [-0.15, -0.1) is 0 Å². The molecule has 0 aliphatic carbocycles. The van der Waals surface area contributed by atoms with Crippen LogP contribution in [0.1, 0.15) is 10.4 Å². The van der Waals surface area contributed by atoms with Crippen LogP contribution in [-0.4, -0.2) is 25.1 Å². The number of rotatable bonds is 3. The van der Waals surface area contributed by atoms with Crippen LogP contribution in [0, 0.1) is 4.91 Å². The Morgan fingerprint density at radius 2 is 2.07 bits per heavy atom. The molecule has 0 aromatic heterocycles. The fourth-order valence-corrected chi connectivity index (χ4v) is 1.21. The van der Waals surface area contributed by atoms with Crippen molar-refractivity contribution in [2.45, 2.75) is 0 Å². The van der Waals surface area contributed by atoms with Crippen LogP contribution in [-0.2, 0) is 9.57 Å². The highest BCUT2D eigenvalue weighted by molar-refractivity contribution is 6.31. The number of carbonyl (C=O) groups is 1. The van der Waals surface area contributed by atoms with Crippen molar-refractivity contribution in [3.63, 3.8) is 0 Å². The molecule has 0 saturated carbocycles. The van der Waals surface area contributed by atoms with Gasteiger partial charge in [0.05, 0.1) is 12.0 Å². The summed E-state index contributed by atoms with van der Waals surface area (Å²) in [5.41, 5.74) is 0.107. The van der Waals surface area contributed by atoms with Crippen LogP contribution in [0.2, 0.25) is 5.02 Å². The van der Waals surface area contributed by atoms with Crippen LogP contribution in [0.15, 0.2) is 18.2 Å². The first kappa shape index (κ1) is 11.5. The Kier molecular flexibility index (Phi) is 3.62. The van der Waals surface area contributed by atoms with Gasteiger partial charge in [-0.25, -0.2) is 9.63 Å². The summed E-state index contributed by atoms with van der Waals surface area (Å²) >= 11 is 5.70. The Balaban J connectivity index is 3.26. The molecule has 0 unspecified atom stereocenters. The molecule has 1 aromatic carbocycles. The molecule has 0 amide bonds. The fourth-order valence-electron chi connectivity index (χ4n) is 1.04. The van der Waals surface area contributed by atoms with Gasteiger partial charge in [0, 0.05) is 11.1 Å². The number of hydrogen-bond donors (Lipinski definition) is 0. The van der Waals surface area contributed by atoms with Gasteiger partial charge in [-0.05, 0) is 12.1 Å². The lowest BCUT2D eigenvalue weighted by Gasteiger charge is -1.99. The molecule has 6 heteroatoms. The second kappa shape index (κ2) is 4.75. The van der Waals surface area contributed by atoms with Gasteiger partial charge in [0.2, 0.25) is 0 Å². The molecule has 15 heavy (non-hydrogen) atoms. The number of hydrogen-bond acceptors (Lipinski definition) is 4. The van der Waals surface area contributed by atoms with Crippen molar-refractivity contribution in [2.24, 2.45) is 0 Å². The summed E-state index contributed by atoms with van der Waals surface area (Å²) in [6.07, 6.45) is 0. The summed E-state index contributed by atoms with van der Waals surface area (Å²) in [5, 5.41) is 0.337. The van der Waals surface area contributed by atoms with Crippen molar-refractivity contribution in [3.8, 4) is 0 Å². The van der Waals surface area contributed by atoms with Crippen LogP contribution in [0.3, 0.4) is 0 Å². The Hall–Kier alpha value is -1.62. The van der Waals surface area contributed by atoms with Gasteiger partial charge in [-0.2, -0.15) is 0 Å². The number of benzene rings is 1. The third-order valence-electron chi connectivity index (χ3n) is 1.73. The molecule has 0 fully saturated rings. The summed E-state index contributed by atoms with van der Waals surface area (Å²) in [7, 11) is 2.41. The predicted octanol–water partition coefficient (Wildman–Crippen LogP) is 2.10. The summed E-state index contributed by atoms with van der Waals surface area (Å²) in [6.45, 7) is 0. The lowest BCUT2D eigenvalue weighted by Crippen LogP contribution is -2.08. The number of halogens is 1. The maximum absolute atomic E-state index is 11.3. The molecule has 1 rings (SSSR count). The Bertz CT molecular complexity index is 405. The van der Waals surface area contributed by atoms with Crippen LogP contribution >= 0.6 is 11.6 Å². The molecule has 0 atom stereocenters. The number of esters is 1. The van der Waals surface area contributed by atoms with Crippen LogP contribution < -0.4 is 0 Å². The summed E-state index contributed by atoms with van der Waals surface area (Å²) in [4.78, 5) is 27.2.